The van der Waals surface area contributed by atoms with Crippen molar-refractivity contribution in [3.63, 3.8) is 0 Å². The predicted molar refractivity (Wildman–Crippen MR) is 115 cm³/mol. The van der Waals surface area contributed by atoms with Gasteiger partial charge in [0.15, 0.2) is 5.78 Å². The van der Waals surface area contributed by atoms with Crippen LogP contribution in [0.25, 0.3) is 0 Å². The molecule has 0 heterocycles. The molecule has 0 aromatic heterocycles. The van der Waals surface area contributed by atoms with Gasteiger partial charge in [-0.2, -0.15) is 0 Å². The molecular formula is C24H35NO3. The molecule has 0 fully saturated rings. The molecule has 4 nitrogen and oxygen atoms in total. The number of rotatable bonds is 6. The molecule has 2 rings (SSSR count). The highest BCUT2D eigenvalue weighted by Crippen LogP contribution is 2.37. The molecule has 1 aromatic rings. The summed E-state index contributed by atoms with van der Waals surface area (Å²) in [5.41, 5.74) is 2.59. The fraction of sp³-hybridized carbons (Fsp3) is 0.583. The van der Waals surface area contributed by atoms with E-state index in [0.717, 1.165) is 11.3 Å². The van der Waals surface area contributed by atoms with Gasteiger partial charge in [0.1, 0.15) is 5.76 Å². The summed E-state index contributed by atoms with van der Waals surface area (Å²) in [5.74, 6) is 0.500. The number of nitrogens with zero attached hydrogens (tertiary/aromatic N) is 1. The van der Waals surface area contributed by atoms with Gasteiger partial charge in [-0.1, -0.05) is 39.8 Å². The molecule has 0 saturated heterocycles. The Bertz CT molecular complexity index is 762. The van der Waals surface area contributed by atoms with Crippen molar-refractivity contribution < 1.29 is 14.6 Å². The monoisotopic (exact) mass is 385 g/mol. The molecule has 1 aliphatic carbocycles. The van der Waals surface area contributed by atoms with Crippen LogP contribution in [0.15, 0.2) is 40.6 Å². The molecule has 0 unspecified atom stereocenters. The smallest absolute Gasteiger partial charge is 0.168 e. The van der Waals surface area contributed by atoms with Crippen LogP contribution in [0.1, 0.15) is 73.3 Å². The zero-order valence-corrected chi connectivity index (χ0v) is 18.4. The lowest BCUT2D eigenvalue weighted by atomic mass is 9.75. The highest BCUT2D eigenvalue weighted by molar-refractivity contribution is 6.23. The number of aliphatic hydroxyl groups is 1. The second kappa shape index (κ2) is 8.60. The van der Waals surface area contributed by atoms with Crippen LogP contribution in [0.2, 0.25) is 0 Å². The molecule has 0 bridgehead atoms. The first-order chi connectivity index (χ1) is 12.9. The second-order valence-electron chi connectivity index (χ2n) is 9.99. The van der Waals surface area contributed by atoms with Crippen molar-refractivity contribution in [2.24, 2.45) is 16.3 Å². The Morgan fingerprint density at radius 2 is 1.79 bits per heavy atom. The van der Waals surface area contributed by atoms with E-state index in [1.807, 2.05) is 58.9 Å². The number of aliphatic imine (C=N–C) groups is 1. The third-order valence-corrected chi connectivity index (χ3v) is 4.61. The number of ether oxygens (including phenoxy) is 1. The van der Waals surface area contributed by atoms with Gasteiger partial charge in [0.2, 0.25) is 0 Å². The summed E-state index contributed by atoms with van der Waals surface area (Å²) in [6, 6.07) is 7.88. The lowest BCUT2D eigenvalue weighted by Gasteiger charge is -2.30. The molecular weight excluding hydrogens is 350 g/mol. The highest BCUT2D eigenvalue weighted by atomic mass is 16.5. The lowest BCUT2D eigenvalue weighted by molar-refractivity contribution is -0.117. The number of carbonyl (C=O) groups is 1. The van der Waals surface area contributed by atoms with E-state index in [2.05, 4.69) is 13.8 Å². The Hall–Kier alpha value is -1.94. The van der Waals surface area contributed by atoms with Crippen molar-refractivity contribution in [1.29, 1.82) is 0 Å². The lowest BCUT2D eigenvalue weighted by Crippen LogP contribution is -2.29. The van der Waals surface area contributed by atoms with Crippen LogP contribution in [-0.2, 0) is 16.1 Å². The van der Waals surface area contributed by atoms with E-state index in [4.69, 9.17) is 9.73 Å². The molecule has 0 aliphatic heterocycles. The van der Waals surface area contributed by atoms with E-state index >= 15 is 0 Å². The predicted octanol–water partition coefficient (Wildman–Crippen LogP) is 6.32. The van der Waals surface area contributed by atoms with Crippen LogP contribution in [0.3, 0.4) is 0 Å². The van der Waals surface area contributed by atoms with Crippen molar-refractivity contribution in [1.82, 2.24) is 0 Å². The van der Waals surface area contributed by atoms with Gasteiger partial charge in [-0.05, 0) is 56.2 Å². The van der Waals surface area contributed by atoms with E-state index in [1.165, 1.54) is 0 Å². The summed E-state index contributed by atoms with van der Waals surface area (Å²) in [5, 5.41) is 10.6. The summed E-state index contributed by atoms with van der Waals surface area (Å²) in [6.45, 7) is 14.9. The van der Waals surface area contributed by atoms with E-state index in [0.29, 0.717) is 43.1 Å². The maximum atomic E-state index is 12.8. The molecule has 1 aliphatic rings. The quantitative estimate of drug-likeness (QED) is 0.583. The van der Waals surface area contributed by atoms with Crippen LogP contribution < -0.4 is 0 Å². The Morgan fingerprint density at radius 1 is 1.18 bits per heavy atom. The standard InChI is InChI=1S/C24H35NO3/c1-16(2)12-19(22-20(26)13-24(6,7)14-21(22)27)25-18-10-8-17(9-11-18)15-28-23(3,4)5/h8-11,16,26H,12-15H2,1-7H3. The first-order valence-corrected chi connectivity index (χ1v) is 10.1. The molecule has 4 heteroatoms. The maximum absolute atomic E-state index is 12.8. The van der Waals surface area contributed by atoms with E-state index in [1.54, 1.807) is 0 Å². The van der Waals surface area contributed by atoms with Crippen molar-refractivity contribution in [2.75, 3.05) is 0 Å². The molecule has 0 spiro atoms. The van der Waals surface area contributed by atoms with Crippen molar-refractivity contribution in [3.05, 3.63) is 41.2 Å². The molecule has 0 amide bonds. The van der Waals surface area contributed by atoms with Gasteiger partial charge in [0, 0.05) is 12.8 Å². The molecule has 28 heavy (non-hydrogen) atoms. The van der Waals surface area contributed by atoms with Gasteiger partial charge < -0.3 is 9.84 Å². The third kappa shape index (κ3) is 6.59. The molecule has 0 atom stereocenters. The highest BCUT2D eigenvalue weighted by Gasteiger charge is 2.35. The number of carbonyl (C=O) groups excluding carboxylic acids is 1. The molecule has 1 aromatic carbocycles. The van der Waals surface area contributed by atoms with Gasteiger partial charge in [0.05, 0.1) is 29.2 Å². The molecule has 0 radical (unpaired) electrons. The average molecular weight is 386 g/mol. The minimum atomic E-state index is -0.206. The Balaban J connectivity index is 2.31. The maximum Gasteiger partial charge on any atom is 0.168 e. The van der Waals surface area contributed by atoms with E-state index < -0.39 is 0 Å². The number of ketones is 1. The van der Waals surface area contributed by atoms with Crippen LogP contribution in [0.5, 0.6) is 0 Å². The van der Waals surface area contributed by atoms with Crippen LogP contribution in [0, 0.1) is 11.3 Å². The first kappa shape index (κ1) is 22.4. The fourth-order valence-corrected chi connectivity index (χ4v) is 3.33. The summed E-state index contributed by atoms with van der Waals surface area (Å²) in [4.78, 5) is 17.5. The summed E-state index contributed by atoms with van der Waals surface area (Å²) < 4.78 is 5.81. The Labute approximate surface area is 169 Å². The zero-order chi connectivity index (χ0) is 21.1. The Morgan fingerprint density at radius 3 is 2.29 bits per heavy atom. The average Bonchev–Trinajstić information content (AvgIpc) is 2.50. The van der Waals surface area contributed by atoms with Crippen molar-refractivity contribution in [2.45, 2.75) is 79.9 Å². The molecule has 0 saturated carbocycles. The van der Waals surface area contributed by atoms with E-state index in [9.17, 15) is 9.90 Å². The number of aliphatic hydroxyl groups excluding tert-OH is 1. The van der Waals surface area contributed by atoms with Gasteiger partial charge in [-0.3, -0.25) is 9.79 Å². The number of hydrogen-bond donors (Lipinski definition) is 1. The van der Waals surface area contributed by atoms with Crippen LogP contribution >= 0.6 is 0 Å². The van der Waals surface area contributed by atoms with Gasteiger partial charge in [-0.15, -0.1) is 0 Å². The van der Waals surface area contributed by atoms with Crippen LogP contribution in [0.4, 0.5) is 5.69 Å². The topological polar surface area (TPSA) is 58.9 Å². The zero-order valence-electron chi connectivity index (χ0n) is 18.4. The largest absolute Gasteiger partial charge is 0.511 e. The van der Waals surface area contributed by atoms with E-state index in [-0.39, 0.29) is 22.6 Å². The summed E-state index contributed by atoms with van der Waals surface area (Å²) >= 11 is 0. The third-order valence-electron chi connectivity index (χ3n) is 4.61. The fourth-order valence-electron chi connectivity index (χ4n) is 3.33. The van der Waals surface area contributed by atoms with Gasteiger partial charge in [0.25, 0.3) is 0 Å². The SMILES string of the molecule is CC(C)CC(=Nc1ccc(COC(C)(C)C)cc1)C1=C(O)CC(C)(C)CC1=O. The number of hydrogen-bond acceptors (Lipinski definition) is 4. The molecule has 154 valence electrons. The van der Waals surface area contributed by atoms with Crippen molar-refractivity contribution in [3.8, 4) is 0 Å². The number of Topliss-reactive ketones (excluding diaryl/α,β-unsaturated/α-hetero) is 1. The second-order valence-corrected chi connectivity index (χ2v) is 9.99. The van der Waals surface area contributed by atoms with Gasteiger partial charge in [-0.25, -0.2) is 0 Å². The Kier molecular flexibility index (Phi) is 6.87. The van der Waals surface area contributed by atoms with Crippen molar-refractivity contribution >= 4 is 17.2 Å². The number of benzene rings is 1. The minimum absolute atomic E-state index is 0.0108. The minimum Gasteiger partial charge on any atom is -0.511 e. The summed E-state index contributed by atoms with van der Waals surface area (Å²) in [7, 11) is 0. The first-order valence-electron chi connectivity index (χ1n) is 10.1. The number of allylic oxidation sites excluding steroid dienone is 2. The molecule has 1 N–H and O–H groups in total. The van der Waals surface area contributed by atoms with Gasteiger partial charge >= 0.3 is 0 Å². The normalized spacial score (nSPS) is 18.1. The van der Waals surface area contributed by atoms with Crippen LogP contribution in [-0.4, -0.2) is 22.2 Å². The summed E-state index contributed by atoms with van der Waals surface area (Å²) in [6.07, 6.45) is 1.60.